The maximum atomic E-state index is 11.0. The Morgan fingerprint density at radius 1 is 1.09 bits per heavy atom. The summed E-state index contributed by atoms with van der Waals surface area (Å²) in [5.41, 5.74) is 1.10. The number of hydrogen-bond donors (Lipinski definition) is 1. The fourth-order valence-electron chi connectivity index (χ4n) is 3.95. The van der Waals surface area contributed by atoms with Gasteiger partial charge in [-0.25, -0.2) is 9.97 Å². The van der Waals surface area contributed by atoms with Crippen molar-refractivity contribution in [3.8, 4) is 0 Å². The number of rotatable bonds is 5. The average molecular weight is 317 g/mol. The van der Waals surface area contributed by atoms with Crippen LogP contribution in [0.4, 0.5) is 0 Å². The smallest absolute Gasteiger partial charge is 0.304 e. The number of carbonyl (C=O) groups is 1. The summed E-state index contributed by atoms with van der Waals surface area (Å²) in [5, 5.41) is 9.08. The van der Waals surface area contributed by atoms with Crippen LogP contribution in [0.2, 0.25) is 0 Å². The number of hydrogen-bond acceptors (Lipinski definition) is 4. The van der Waals surface area contributed by atoms with E-state index in [1.807, 2.05) is 12.4 Å². The molecule has 1 saturated carbocycles. The van der Waals surface area contributed by atoms with Crippen LogP contribution >= 0.6 is 0 Å². The van der Waals surface area contributed by atoms with Crippen molar-refractivity contribution in [2.45, 2.75) is 76.3 Å². The van der Waals surface area contributed by atoms with Gasteiger partial charge in [-0.2, -0.15) is 0 Å². The van der Waals surface area contributed by atoms with Gasteiger partial charge in [-0.1, -0.05) is 25.7 Å². The second-order valence-electron chi connectivity index (χ2n) is 7.00. The SMILES string of the molecule is O=C(O)C[C@@H]1CCCCN1Cc1cnc(C2CCCCC2)nc1. The monoisotopic (exact) mass is 317 g/mol. The molecule has 2 heterocycles. The lowest BCUT2D eigenvalue weighted by Gasteiger charge is -2.34. The number of nitrogens with zero attached hydrogens (tertiary/aromatic N) is 3. The second kappa shape index (κ2) is 7.86. The lowest BCUT2D eigenvalue weighted by Crippen LogP contribution is -2.40. The third-order valence-corrected chi connectivity index (χ3v) is 5.24. The van der Waals surface area contributed by atoms with Gasteiger partial charge in [0.25, 0.3) is 0 Å². The van der Waals surface area contributed by atoms with Gasteiger partial charge in [0.2, 0.25) is 0 Å². The molecular weight excluding hydrogens is 290 g/mol. The Morgan fingerprint density at radius 2 is 1.78 bits per heavy atom. The van der Waals surface area contributed by atoms with Crippen LogP contribution < -0.4 is 0 Å². The predicted molar refractivity (Wildman–Crippen MR) is 88.2 cm³/mol. The molecule has 1 N–H and O–H groups in total. The van der Waals surface area contributed by atoms with Crippen LogP contribution in [0.3, 0.4) is 0 Å². The normalized spacial score (nSPS) is 23.7. The summed E-state index contributed by atoms with van der Waals surface area (Å²) < 4.78 is 0. The first-order valence-electron chi connectivity index (χ1n) is 8.99. The fraction of sp³-hybridized carbons (Fsp3) is 0.722. The van der Waals surface area contributed by atoms with E-state index in [4.69, 9.17) is 5.11 Å². The van der Waals surface area contributed by atoms with E-state index in [0.717, 1.165) is 43.7 Å². The molecule has 1 aromatic rings. The first-order valence-corrected chi connectivity index (χ1v) is 8.99. The van der Waals surface area contributed by atoms with Crippen molar-refractivity contribution in [1.82, 2.24) is 14.9 Å². The van der Waals surface area contributed by atoms with E-state index in [2.05, 4.69) is 14.9 Å². The molecular formula is C18H27N3O2. The Balaban J connectivity index is 1.61. The van der Waals surface area contributed by atoms with Gasteiger partial charge in [-0.05, 0) is 32.2 Å². The van der Waals surface area contributed by atoms with E-state index >= 15 is 0 Å². The van der Waals surface area contributed by atoms with Crippen molar-refractivity contribution in [1.29, 1.82) is 0 Å². The van der Waals surface area contributed by atoms with Crippen molar-refractivity contribution < 1.29 is 9.90 Å². The molecule has 0 aromatic carbocycles. The first-order chi connectivity index (χ1) is 11.2. The largest absolute Gasteiger partial charge is 0.481 e. The molecule has 2 aliphatic rings. The van der Waals surface area contributed by atoms with Crippen LogP contribution in [0.15, 0.2) is 12.4 Å². The van der Waals surface area contributed by atoms with E-state index in [-0.39, 0.29) is 12.5 Å². The minimum absolute atomic E-state index is 0.152. The molecule has 0 amide bonds. The maximum Gasteiger partial charge on any atom is 0.304 e. The van der Waals surface area contributed by atoms with Gasteiger partial charge in [0.1, 0.15) is 5.82 Å². The highest BCUT2D eigenvalue weighted by molar-refractivity contribution is 5.67. The minimum Gasteiger partial charge on any atom is -0.481 e. The molecule has 3 rings (SSSR count). The van der Waals surface area contributed by atoms with Crippen LogP contribution in [0, 0.1) is 0 Å². The molecule has 1 aliphatic heterocycles. The van der Waals surface area contributed by atoms with Gasteiger partial charge < -0.3 is 5.11 Å². The van der Waals surface area contributed by atoms with E-state index < -0.39 is 5.97 Å². The van der Waals surface area contributed by atoms with Gasteiger partial charge in [-0.3, -0.25) is 9.69 Å². The number of piperidine rings is 1. The third kappa shape index (κ3) is 4.50. The van der Waals surface area contributed by atoms with Gasteiger partial charge in [-0.15, -0.1) is 0 Å². The van der Waals surface area contributed by atoms with Gasteiger partial charge in [0.15, 0.2) is 0 Å². The van der Waals surface area contributed by atoms with Gasteiger partial charge in [0.05, 0.1) is 6.42 Å². The highest BCUT2D eigenvalue weighted by Crippen LogP contribution is 2.30. The van der Waals surface area contributed by atoms with Gasteiger partial charge in [0, 0.05) is 36.5 Å². The molecule has 5 nitrogen and oxygen atoms in total. The lowest BCUT2D eigenvalue weighted by molar-refractivity contribution is -0.138. The molecule has 5 heteroatoms. The summed E-state index contributed by atoms with van der Waals surface area (Å²) in [4.78, 5) is 22.5. The number of carboxylic acid groups (broad SMARTS) is 1. The zero-order valence-corrected chi connectivity index (χ0v) is 13.8. The molecule has 1 atom stereocenters. The maximum absolute atomic E-state index is 11.0. The van der Waals surface area contributed by atoms with Crippen molar-refractivity contribution in [3.63, 3.8) is 0 Å². The third-order valence-electron chi connectivity index (χ3n) is 5.24. The minimum atomic E-state index is -0.703. The van der Waals surface area contributed by atoms with Gasteiger partial charge >= 0.3 is 5.97 Å². The van der Waals surface area contributed by atoms with Crippen molar-refractivity contribution in [3.05, 3.63) is 23.8 Å². The molecule has 1 aromatic heterocycles. The number of carboxylic acids is 1. The van der Waals surface area contributed by atoms with Crippen LogP contribution in [-0.2, 0) is 11.3 Å². The zero-order chi connectivity index (χ0) is 16.1. The van der Waals surface area contributed by atoms with Crippen molar-refractivity contribution in [2.75, 3.05) is 6.54 Å². The Kier molecular flexibility index (Phi) is 5.60. The topological polar surface area (TPSA) is 66.3 Å². The van der Waals surface area contributed by atoms with Crippen LogP contribution in [-0.4, -0.2) is 38.5 Å². The number of aliphatic carboxylic acids is 1. The predicted octanol–water partition coefficient (Wildman–Crippen LogP) is 3.35. The summed E-state index contributed by atoms with van der Waals surface area (Å²) in [6.07, 6.45) is 13.7. The number of aromatic nitrogens is 2. The standard InChI is InChI=1S/C18H27N3O2/c22-17(23)10-16-8-4-5-9-21(16)13-14-11-19-18(20-12-14)15-6-2-1-3-7-15/h11-12,15-16H,1-10,13H2,(H,22,23)/t16-/m0/s1. The van der Waals surface area contributed by atoms with E-state index in [1.165, 1.54) is 32.1 Å². The molecule has 0 unspecified atom stereocenters. The second-order valence-corrected chi connectivity index (χ2v) is 7.00. The Morgan fingerprint density at radius 3 is 2.48 bits per heavy atom. The summed E-state index contributed by atoms with van der Waals surface area (Å²) in [6.45, 7) is 1.74. The van der Waals surface area contributed by atoms with Crippen molar-refractivity contribution in [2.24, 2.45) is 0 Å². The highest BCUT2D eigenvalue weighted by Gasteiger charge is 2.25. The van der Waals surface area contributed by atoms with Crippen LogP contribution in [0.25, 0.3) is 0 Å². The Hall–Kier alpha value is -1.49. The van der Waals surface area contributed by atoms with Crippen LogP contribution in [0.5, 0.6) is 0 Å². The summed E-state index contributed by atoms with van der Waals surface area (Å²) in [6, 6.07) is 0.152. The van der Waals surface area contributed by atoms with E-state index in [0.29, 0.717) is 5.92 Å². The highest BCUT2D eigenvalue weighted by atomic mass is 16.4. The fourth-order valence-corrected chi connectivity index (χ4v) is 3.95. The summed E-state index contributed by atoms with van der Waals surface area (Å²) in [5.74, 6) is 0.826. The van der Waals surface area contributed by atoms with Crippen LogP contribution in [0.1, 0.15) is 75.1 Å². The summed E-state index contributed by atoms with van der Waals surface area (Å²) in [7, 11) is 0. The molecule has 0 spiro atoms. The lowest BCUT2D eigenvalue weighted by atomic mass is 9.89. The Bertz CT molecular complexity index is 512. The zero-order valence-electron chi connectivity index (χ0n) is 13.8. The van der Waals surface area contributed by atoms with Crippen molar-refractivity contribution >= 4 is 5.97 Å². The quantitative estimate of drug-likeness (QED) is 0.902. The molecule has 1 aliphatic carbocycles. The Labute approximate surface area is 138 Å². The molecule has 0 radical (unpaired) electrons. The summed E-state index contributed by atoms with van der Waals surface area (Å²) >= 11 is 0. The first kappa shape index (κ1) is 16.4. The molecule has 1 saturated heterocycles. The molecule has 2 fully saturated rings. The average Bonchev–Trinajstić information content (AvgIpc) is 2.58. The van der Waals surface area contributed by atoms with E-state index in [1.54, 1.807) is 0 Å². The number of likely N-dealkylation sites (tertiary alicyclic amines) is 1. The molecule has 23 heavy (non-hydrogen) atoms. The molecule has 126 valence electrons. The molecule has 0 bridgehead atoms. The van der Waals surface area contributed by atoms with E-state index in [9.17, 15) is 4.79 Å².